The van der Waals surface area contributed by atoms with Crippen LogP contribution in [0.2, 0.25) is 0 Å². The zero-order valence-electron chi connectivity index (χ0n) is 16.4. The number of carbonyl (C=O) groups is 1. The van der Waals surface area contributed by atoms with Crippen molar-refractivity contribution in [1.29, 1.82) is 0 Å². The third kappa shape index (κ3) is 3.71. The molecular formula is C22H25BrN4O. The molecular weight excluding hydrogens is 416 g/mol. The van der Waals surface area contributed by atoms with Gasteiger partial charge in [0.25, 0.3) is 5.91 Å². The average molecular weight is 441 g/mol. The lowest BCUT2D eigenvalue weighted by molar-refractivity contribution is 0.0620. The minimum atomic E-state index is 0.0845. The number of fused-ring (bicyclic) bond motifs is 1. The van der Waals surface area contributed by atoms with Crippen LogP contribution in [-0.2, 0) is 13.0 Å². The van der Waals surface area contributed by atoms with Crippen LogP contribution in [0.1, 0.15) is 34.2 Å². The molecule has 0 N–H and O–H groups in total. The minimum Gasteiger partial charge on any atom is -0.335 e. The van der Waals surface area contributed by atoms with E-state index in [0.29, 0.717) is 5.69 Å². The Hall–Kier alpha value is -2.18. The van der Waals surface area contributed by atoms with Gasteiger partial charge in [0, 0.05) is 43.4 Å². The topological polar surface area (TPSA) is 40.9 Å². The summed E-state index contributed by atoms with van der Waals surface area (Å²) in [7, 11) is 0. The largest absolute Gasteiger partial charge is 0.335 e. The molecule has 1 fully saturated rings. The molecule has 146 valence electrons. The number of aryl methyl sites for hydroxylation is 2. The second-order valence-electron chi connectivity index (χ2n) is 7.35. The zero-order chi connectivity index (χ0) is 19.7. The molecule has 28 heavy (non-hydrogen) atoms. The monoisotopic (exact) mass is 440 g/mol. The van der Waals surface area contributed by atoms with Gasteiger partial charge < -0.3 is 4.90 Å². The van der Waals surface area contributed by atoms with E-state index in [1.54, 1.807) is 0 Å². The van der Waals surface area contributed by atoms with Gasteiger partial charge in [-0.05, 0) is 46.5 Å². The summed E-state index contributed by atoms with van der Waals surface area (Å²) in [6.07, 6.45) is 2.70. The number of benzene rings is 1. The molecule has 1 amide bonds. The van der Waals surface area contributed by atoms with Crippen molar-refractivity contribution in [2.24, 2.45) is 0 Å². The van der Waals surface area contributed by atoms with Gasteiger partial charge in [-0.25, -0.2) is 4.98 Å². The fourth-order valence-corrected chi connectivity index (χ4v) is 4.44. The molecule has 0 aliphatic carbocycles. The standard InChI is InChI=1S/C22H25BrN4O/c1-3-19-20(27-15-18(23)13-16(2)21(27)24-19)22(28)26-11-9-25(10-12-26)14-17-7-5-4-6-8-17/h4-8,13,15H,3,9-12,14H2,1-2H3. The van der Waals surface area contributed by atoms with E-state index in [9.17, 15) is 4.79 Å². The summed E-state index contributed by atoms with van der Waals surface area (Å²) in [4.78, 5) is 22.5. The van der Waals surface area contributed by atoms with Crippen LogP contribution in [0.5, 0.6) is 0 Å². The summed E-state index contributed by atoms with van der Waals surface area (Å²) < 4.78 is 2.91. The number of pyridine rings is 1. The van der Waals surface area contributed by atoms with E-state index < -0.39 is 0 Å². The maximum atomic E-state index is 13.4. The Balaban J connectivity index is 1.53. The first-order chi connectivity index (χ1) is 13.6. The van der Waals surface area contributed by atoms with Crippen molar-refractivity contribution in [2.45, 2.75) is 26.8 Å². The van der Waals surface area contributed by atoms with Gasteiger partial charge in [-0.3, -0.25) is 14.1 Å². The summed E-state index contributed by atoms with van der Waals surface area (Å²) >= 11 is 3.55. The number of amides is 1. The van der Waals surface area contributed by atoms with E-state index in [4.69, 9.17) is 4.98 Å². The average Bonchev–Trinajstić information content (AvgIpc) is 3.07. The van der Waals surface area contributed by atoms with Gasteiger partial charge in [-0.15, -0.1) is 0 Å². The number of rotatable bonds is 4. The summed E-state index contributed by atoms with van der Waals surface area (Å²) in [6.45, 7) is 8.29. The molecule has 0 bridgehead atoms. The quantitative estimate of drug-likeness (QED) is 0.616. The van der Waals surface area contributed by atoms with Crippen LogP contribution >= 0.6 is 15.9 Å². The fourth-order valence-electron chi connectivity index (χ4n) is 3.89. The molecule has 3 heterocycles. The lowest BCUT2D eigenvalue weighted by Gasteiger charge is -2.34. The van der Waals surface area contributed by atoms with E-state index in [0.717, 1.165) is 60.5 Å². The van der Waals surface area contributed by atoms with E-state index in [2.05, 4.69) is 52.0 Å². The molecule has 1 saturated heterocycles. The number of nitrogens with zero attached hydrogens (tertiary/aromatic N) is 4. The zero-order valence-corrected chi connectivity index (χ0v) is 17.9. The number of piperazine rings is 1. The molecule has 0 unspecified atom stereocenters. The number of aromatic nitrogens is 2. The SMILES string of the molecule is CCc1nc2c(C)cc(Br)cn2c1C(=O)N1CCN(Cc2ccccc2)CC1. The van der Waals surface area contributed by atoms with E-state index in [1.165, 1.54) is 5.56 Å². The highest BCUT2D eigenvalue weighted by Crippen LogP contribution is 2.23. The van der Waals surface area contributed by atoms with E-state index in [-0.39, 0.29) is 5.91 Å². The minimum absolute atomic E-state index is 0.0845. The van der Waals surface area contributed by atoms with Crippen LogP contribution in [0.25, 0.3) is 5.65 Å². The Morgan fingerprint density at radius 3 is 2.54 bits per heavy atom. The highest BCUT2D eigenvalue weighted by atomic mass is 79.9. The van der Waals surface area contributed by atoms with Crippen molar-refractivity contribution in [3.63, 3.8) is 0 Å². The van der Waals surface area contributed by atoms with Crippen LogP contribution in [0, 0.1) is 6.92 Å². The highest BCUT2D eigenvalue weighted by Gasteiger charge is 2.27. The predicted octanol–water partition coefficient (Wildman–Crippen LogP) is 3.93. The second-order valence-corrected chi connectivity index (χ2v) is 8.27. The lowest BCUT2D eigenvalue weighted by Crippen LogP contribution is -2.48. The van der Waals surface area contributed by atoms with Crippen LogP contribution in [0.3, 0.4) is 0 Å². The number of halogens is 1. The smallest absolute Gasteiger partial charge is 0.272 e. The van der Waals surface area contributed by atoms with Gasteiger partial charge in [-0.1, -0.05) is 37.3 Å². The van der Waals surface area contributed by atoms with Crippen molar-refractivity contribution in [1.82, 2.24) is 19.2 Å². The Bertz CT molecular complexity index is 991. The molecule has 0 atom stereocenters. The fraction of sp³-hybridized carbons (Fsp3) is 0.364. The normalized spacial score (nSPS) is 15.3. The maximum Gasteiger partial charge on any atom is 0.272 e. The molecule has 1 aliphatic rings. The third-order valence-corrected chi connectivity index (χ3v) is 5.82. The molecule has 5 nitrogen and oxygen atoms in total. The first-order valence-electron chi connectivity index (χ1n) is 9.79. The highest BCUT2D eigenvalue weighted by molar-refractivity contribution is 9.10. The van der Waals surface area contributed by atoms with E-state index in [1.807, 2.05) is 34.6 Å². The van der Waals surface area contributed by atoms with Gasteiger partial charge in [0.1, 0.15) is 11.3 Å². The Kier molecular flexibility index (Phi) is 5.51. The molecule has 6 heteroatoms. The Labute approximate surface area is 174 Å². The van der Waals surface area contributed by atoms with Crippen LogP contribution in [0.15, 0.2) is 47.1 Å². The van der Waals surface area contributed by atoms with Crippen molar-refractivity contribution in [3.8, 4) is 0 Å². The summed E-state index contributed by atoms with van der Waals surface area (Å²) in [5, 5.41) is 0. The van der Waals surface area contributed by atoms with E-state index >= 15 is 0 Å². The van der Waals surface area contributed by atoms with Gasteiger partial charge in [0.15, 0.2) is 0 Å². The van der Waals surface area contributed by atoms with Crippen LogP contribution < -0.4 is 0 Å². The summed E-state index contributed by atoms with van der Waals surface area (Å²) in [5.74, 6) is 0.0845. The van der Waals surface area contributed by atoms with Gasteiger partial charge in [0.2, 0.25) is 0 Å². The maximum absolute atomic E-state index is 13.4. The molecule has 1 aliphatic heterocycles. The molecule has 2 aromatic heterocycles. The predicted molar refractivity (Wildman–Crippen MR) is 115 cm³/mol. The van der Waals surface area contributed by atoms with Gasteiger partial charge >= 0.3 is 0 Å². The summed E-state index contributed by atoms with van der Waals surface area (Å²) in [6, 6.07) is 12.5. The number of hydrogen-bond donors (Lipinski definition) is 0. The van der Waals surface area contributed by atoms with Crippen LogP contribution in [-0.4, -0.2) is 51.3 Å². The number of hydrogen-bond acceptors (Lipinski definition) is 3. The van der Waals surface area contributed by atoms with Crippen molar-refractivity contribution >= 4 is 27.5 Å². The first-order valence-corrected chi connectivity index (χ1v) is 10.6. The van der Waals surface area contributed by atoms with Gasteiger partial charge in [0.05, 0.1) is 5.69 Å². The molecule has 1 aromatic carbocycles. The molecule has 3 aromatic rings. The Morgan fingerprint density at radius 1 is 1.14 bits per heavy atom. The molecule has 0 spiro atoms. The second kappa shape index (κ2) is 8.05. The van der Waals surface area contributed by atoms with Crippen LogP contribution in [0.4, 0.5) is 0 Å². The summed E-state index contributed by atoms with van der Waals surface area (Å²) in [5.41, 5.74) is 4.83. The van der Waals surface area contributed by atoms with Crippen molar-refractivity contribution < 1.29 is 4.79 Å². The number of imidazole rings is 1. The van der Waals surface area contributed by atoms with Crippen molar-refractivity contribution in [2.75, 3.05) is 26.2 Å². The third-order valence-electron chi connectivity index (χ3n) is 5.39. The molecule has 0 radical (unpaired) electrons. The van der Waals surface area contributed by atoms with Crippen molar-refractivity contribution in [3.05, 3.63) is 69.6 Å². The molecule has 4 rings (SSSR count). The number of carbonyl (C=O) groups excluding carboxylic acids is 1. The molecule has 0 saturated carbocycles. The van der Waals surface area contributed by atoms with Gasteiger partial charge in [-0.2, -0.15) is 0 Å². The Morgan fingerprint density at radius 2 is 1.86 bits per heavy atom. The first kappa shape index (κ1) is 19.2. The lowest BCUT2D eigenvalue weighted by atomic mass is 10.2.